The van der Waals surface area contributed by atoms with Gasteiger partial charge in [0.05, 0.1) is 0 Å². The molecule has 1 saturated heterocycles. The highest BCUT2D eigenvalue weighted by atomic mass is 35.5. The van der Waals surface area contributed by atoms with E-state index in [1.54, 1.807) is 4.88 Å². The number of thiophene rings is 1. The summed E-state index contributed by atoms with van der Waals surface area (Å²) in [6.45, 7) is 9.25. The summed E-state index contributed by atoms with van der Waals surface area (Å²) in [5.41, 5.74) is 1.49. The molecule has 0 unspecified atom stereocenters. The summed E-state index contributed by atoms with van der Waals surface area (Å²) in [4.78, 5) is 4.29. The lowest BCUT2D eigenvalue weighted by Crippen LogP contribution is -2.45. The maximum atomic E-state index is 3.46. The first-order valence-electron chi connectivity index (χ1n) is 7.31. The highest BCUT2D eigenvalue weighted by molar-refractivity contribution is 7.10. The summed E-state index contributed by atoms with van der Waals surface area (Å²) in [7, 11) is 0. The molecule has 0 radical (unpaired) electrons. The van der Waals surface area contributed by atoms with E-state index in [1.807, 2.05) is 11.3 Å². The van der Waals surface area contributed by atoms with Gasteiger partial charge in [0.1, 0.15) is 0 Å². The smallest absolute Gasteiger partial charge is 0.0445 e. The first-order chi connectivity index (χ1) is 8.83. The van der Waals surface area contributed by atoms with E-state index in [2.05, 4.69) is 35.5 Å². The molecule has 5 heteroatoms. The number of halogens is 2. The summed E-state index contributed by atoms with van der Waals surface area (Å²) in [5.74, 6) is 0. The van der Waals surface area contributed by atoms with Crippen molar-refractivity contribution in [2.75, 3.05) is 26.2 Å². The molecule has 20 heavy (non-hydrogen) atoms. The maximum absolute atomic E-state index is 3.46. The second kappa shape index (κ2) is 10.9. The van der Waals surface area contributed by atoms with Crippen LogP contribution < -0.4 is 5.32 Å². The Kier molecular flexibility index (Phi) is 11.0. The van der Waals surface area contributed by atoms with Gasteiger partial charge in [0, 0.05) is 37.1 Å². The van der Waals surface area contributed by atoms with E-state index in [0.717, 1.165) is 13.1 Å². The molecule has 1 aliphatic heterocycles. The minimum Gasteiger partial charge on any atom is -0.314 e. The Morgan fingerprint density at radius 3 is 2.50 bits per heavy atom. The first-order valence-corrected chi connectivity index (χ1v) is 8.19. The molecular formula is C15H28Cl2N2S. The number of hydrogen-bond acceptors (Lipinski definition) is 3. The molecule has 2 heterocycles. The van der Waals surface area contributed by atoms with Crippen molar-refractivity contribution < 1.29 is 0 Å². The van der Waals surface area contributed by atoms with E-state index in [-0.39, 0.29) is 24.8 Å². The topological polar surface area (TPSA) is 15.3 Å². The zero-order chi connectivity index (χ0) is 12.8. The fraction of sp³-hybridized carbons (Fsp3) is 0.733. The van der Waals surface area contributed by atoms with Crippen LogP contribution in [-0.2, 0) is 0 Å². The van der Waals surface area contributed by atoms with Gasteiger partial charge in [-0.05, 0) is 30.4 Å². The molecule has 1 aliphatic rings. The molecule has 2 rings (SSSR count). The van der Waals surface area contributed by atoms with Gasteiger partial charge in [-0.2, -0.15) is 0 Å². The summed E-state index contributed by atoms with van der Waals surface area (Å²) in [6.07, 6.45) is 5.38. The molecule has 1 aromatic heterocycles. The lowest BCUT2D eigenvalue weighted by molar-refractivity contribution is 0.165. The monoisotopic (exact) mass is 338 g/mol. The van der Waals surface area contributed by atoms with Crippen LogP contribution in [0.4, 0.5) is 0 Å². The molecule has 0 amide bonds. The van der Waals surface area contributed by atoms with Gasteiger partial charge in [-0.3, -0.25) is 4.90 Å². The molecule has 1 fully saturated rings. The minimum atomic E-state index is 0. The van der Waals surface area contributed by atoms with Crippen LogP contribution >= 0.6 is 36.2 Å². The quantitative estimate of drug-likeness (QED) is 0.772. The Labute approximate surface area is 140 Å². The number of aryl methyl sites for hydroxylation is 1. The zero-order valence-corrected chi connectivity index (χ0v) is 15.0. The van der Waals surface area contributed by atoms with E-state index in [9.17, 15) is 0 Å². The van der Waals surface area contributed by atoms with Gasteiger partial charge < -0.3 is 5.32 Å². The number of rotatable bonds is 6. The SMILES string of the molecule is CCCCC[C@@H](c1sccc1C)N1CCNCC1.Cl.Cl. The Bertz CT molecular complexity index is 351. The third-order valence-corrected chi connectivity index (χ3v) is 5.00. The van der Waals surface area contributed by atoms with Crippen LogP contribution in [0.3, 0.4) is 0 Å². The standard InChI is InChI=1S/C15H26N2S.2ClH/c1-3-4-5-6-14(15-13(2)7-12-18-15)17-10-8-16-9-11-17;;/h7,12,14,16H,3-6,8-11H2,1-2H3;2*1H/t14-;;/m0../s1. The van der Waals surface area contributed by atoms with E-state index in [4.69, 9.17) is 0 Å². The van der Waals surface area contributed by atoms with Crippen LogP contribution in [0.5, 0.6) is 0 Å². The Hall–Kier alpha value is 0.200. The van der Waals surface area contributed by atoms with E-state index in [1.165, 1.54) is 44.3 Å². The normalized spacial score (nSPS) is 17.1. The summed E-state index contributed by atoms with van der Waals surface area (Å²) < 4.78 is 0. The van der Waals surface area contributed by atoms with E-state index < -0.39 is 0 Å². The molecule has 2 nitrogen and oxygen atoms in total. The van der Waals surface area contributed by atoms with Crippen molar-refractivity contribution >= 4 is 36.2 Å². The van der Waals surface area contributed by atoms with Crippen molar-refractivity contribution in [3.63, 3.8) is 0 Å². The van der Waals surface area contributed by atoms with Crippen LogP contribution in [0.2, 0.25) is 0 Å². The van der Waals surface area contributed by atoms with Gasteiger partial charge in [-0.25, -0.2) is 0 Å². The van der Waals surface area contributed by atoms with E-state index >= 15 is 0 Å². The average Bonchev–Trinajstić information content (AvgIpc) is 2.82. The predicted octanol–water partition coefficient (Wildman–Crippen LogP) is 4.43. The van der Waals surface area contributed by atoms with Crippen molar-refractivity contribution in [1.29, 1.82) is 0 Å². The highest BCUT2D eigenvalue weighted by Gasteiger charge is 2.23. The Balaban J connectivity index is 0.00000180. The van der Waals surface area contributed by atoms with Gasteiger partial charge in [0.2, 0.25) is 0 Å². The fourth-order valence-corrected chi connectivity index (χ4v) is 3.88. The zero-order valence-electron chi connectivity index (χ0n) is 12.6. The predicted molar refractivity (Wildman–Crippen MR) is 94.9 cm³/mol. The summed E-state index contributed by atoms with van der Waals surface area (Å²) in [6, 6.07) is 2.94. The molecule has 0 spiro atoms. The van der Waals surface area contributed by atoms with Crippen molar-refractivity contribution in [1.82, 2.24) is 10.2 Å². The molecule has 0 saturated carbocycles. The number of nitrogens with one attached hydrogen (secondary N) is 1. The van der Waals surface area contributed by atoms with Crippen LogP contribution in [0, 0.1) is 6.92 Å². The lowest BCUT2D eigenvalue weighted by Gasteiger charge is -2.35. The van der Waals surface area contributed by atoms with Crippen LogP contribution in [0.15, 0.2) is 11.4 Å². The average molecular weight is 339 g/mol. The number of piperazine rings is 1. The summed E-state index contributed by atoms with van der Waals surface area (Å²) >= 11 is 1.95. The van der Waals surface area contributed by atoms with Gasteiger partial charge >= 0.3 is 0 Å². The van der Waals surface area contributed by atoms with Gasteiger partial charge in [0.15, 0.2) is 0 Å². The Morgan fingerprint density at radius 2 is 1.95 bits per heavy atom. The van der Waals surface area contributed by atoms with Crippen molar-refractivity contribution in [3.8, 4) is 0 Å². The van der Waals surface area contributed by atoms with E-state index in [0.29, 0.717) is 6.04 Å². The minimum absolute atomic E-state index is 0. The van der Waals surface area contributed by atoms with Crippen LogP contribution in [0.1, 0.15) is 49.1 Å². The van der Waals surface area contributed by atoms with Gasteiger partial charge in [-0.1, -0.05) is 26.2 Å². The van der Waals surface area contributed by atoms with Gasteiger partial charge in [-0.15, -0.1) is 36.2 Å². The number of nitrogens with zero attached hydrogens (tertiary/aromatic N) is 1. The second-order valence-electron chi connectivity index (χ2n) is 5.27. The molecule has 118 valence electrons. The number of unbranched alkanes of at least 4 members (excludes halogenated alkanes) is 2. The van der Waals surface area contributed by atoms with Crippen molar-refractivity contribution in [3.05, 3.63) is 21.9 Å². The molecule has 0 bridgehead atoms. The lowest BCUT2D eigenvalue weighted by atomic mass is 10.0. The largest absolute Gasteiger partial charge is 0.314 e. The molecule has 1 aromatic rings. The fourth-order valence-electron chi connectivity index (χ4n) is 2.79. The highest BCUT2D eigenvalue weighted by Crippen LogP contribution is 2.33. The third kappa shape index (κ3) is 5.53. The Morgan fingerprint density at radius 1 is 1.25 bits per heavy atom. The molecule has 0 aromatic carbocycles. The van der Waals surface area contributed by atoms with Crippen molar-refractivity contribution in [2.45, 2.75) is 45.6 Å². The van der Waals surface area contributed by atoms with Gasteiger partial charge in [0.25, 0.3) is 0 Å². The van der Waals surface area contributed by atoms with Crippen LogP contribution in [-0.4, -0.2) is 31.1 Å². The maximum Gasteiger partial charge on any atom is 0.0445 e. The molecule has 0 aliphatic carbocycles. The second-order valence-corrected chi connectivity index (χ2v) is 6.21. The summed E-state index contributed by atoms with van der Waals surface area (Å²) in [5, 5.41) is 5.71. The molecule has 1 N–H and O–H groups in total. The molecule has 1 atom stereocenters. The first kappa shape index (κ1) is 20.2. The van der Waals surface area contributed by atoms with Crippen LogP contribution in [0.25, 0.3) is 0 Å². The van der Waals surface area contributed by atoms with Crippen molar-refractivity contribution in [2.24, 2.45) is 0 Å². The third-order valence-electron chi connectivity index (χ3n) is 3.88. The number of hydrogen-bond donors (Lipinski definition) is 1. The molecular weight excluding hydrogens is 311 g/mol.